The van der Waals surface area contributed by atoms with Crippen molar-refractivity contribution in [2.24, 2.45) is 5.92 Å². The maximum Gasteiger partial charge on any atom is 0.239 e. The van der Waals surface area contributed by atoms with E-state index in [9.17, 15) is 4.79 Å². The van der Waals surface area contributed by atoms with Gasteiger partial charge in [0.1, 0.15) is 0 Å². The predicted molar refractivity (Wildman–Crippen MR) is 47.1 cm³/mol. The molecule has 1 rings (SSSR count). The first kappa shape index (κ1) is 9.03. The molecule has 0 aromatic rings. The molecule has 2 N–H and O–H groups in total. The Morgan fingerprint density at radius 1 is 1.67 bits per heavy atom. The van der Waals surface area contributed by atoms with Crippen molar-refractivity contribution in [3.05, 3.63) is 0 Å². The molecule has 1 amide bonds. The second kappa shape index (κ2) is 3.56. The third kappa shape index (κ3) is 1.96. The van der Waals surface area contributed by atoms with Crippen LogP contribution in [0.5, 0.6) is 0 Å². The number of piperazine rings is 1. The van der Waals surface area contributed by atoms with Gasteiger partial charge in [-0.05, 0) is 0 Å². The normalized spacial score (nSPS) is 17.9. The maximum atomic E-state index is 11.0. The lowest BCUT2D eigenvalue weighted by Gasteiger charge is -2.30. The minimum atomic E-state index is 0.0200. The summed E-state index contributed by atoms with van der Waals surface area (Å²) in [7, 11) is 0. The summed E-state index contributed by atoms with van der Waals surface area (Å²) in [6, 6.07) is 0. The molecule has 0 unspecified atom stereocenters. The number of amidine groups is 1. The molecule has 0 atom stereocenters. The Kier molecular flexibility index (Phi) is 2.68. The highest BCUT2D eigenvalue weighted by Gasteiger charge is 2.19. The summed E-state index contributed by atoms with van der Waals surface area (Å²) >= 11 is 0. The van der Waals surface area contributed by atoms with Gasteiger partial charge in [-0.1, -0.05) is 13.8 Å². The van der Waals surface area contributed by atoms with Crippen LogP contribution in [0.4, 0.5) is 0 Å². The summed E-state index contributed by atoms with van der Waals surface area (Å²) in [5.41, 5.74) is 0. The quantitative estimate of drug-likeness (QED) is 0.430. The Labute approximate surface area is 72.4 Å². The Hall–Kier alpha value is -1.06. The zero-order chi connectivity index (χ0) is 9.14. The molecule has 68 valence electrons. The summed E-state index contributed by atoms with van der Waals surface area (Å²) in [5, 5.41) is 10.4. The number of carbonyl (C=O) groups excluding carboxylic acids is 1. The lowest BCUT2D eigenvalue weighted by molar-refractivity contribution is -0.122. The van der Waals surface area contributed by atoms with Crippen molar-refractivity contribution < 1.29 is 4.79 Å². The fourth-order valence-corrected chi connectivity index (χ4v) is 1.21. The molecule has 4 nitrogen and oxygen atoms in total. The molecule has 0 aliphatic carbocycles. The van der Waals surface area contributed by atoms with E-state index in [0.717, 1.165) is 6.54 Å². The minimum Gasteiger partial charge on any atom is -0.353 e. The standard InChI is InChI=1S/C8H15N3O/c1-6(2)8(9)11-4-3-10-7(12)5-11/h6,9H,3-5H2,1-2H3,(H,10,12). The van der Waals surface area contributed by atoms with Gasteiger partial charge < -0.3 is 10.2 Å². The first-order chi connectivity index (χ1) is 5.61. The van der Waals surface area contributed by atoms with E-state index in [1.807, 2.05) is 18.7 Å². The number of amides is 1. The van der Waals surface area contributed by atoms with E-state index in [4.69, 9.17) is 5.41 Å². The molecule has 12 heavy (non-hydrogen) atoms. The van der Waals surface area contributed by atoms with Crippen molar-refractivity contribution in [3.8, 4) is 0 Å². The summed E-state index contributed by atoms with van der Waals surface area (Å²) in [5.74, 6) is 0.785. The van der Waals surface area contributed by atoms with E-state index < -0.39 is 0 Å². The fourth-order valence-electron chi connectivity index (χ4n) is 1.21. The van der Waals surface area contributed by atoms with Crippen LogP contribution >= 0.6 is 0 Å². The molecule has 0 aromatic carbocycles. The minimum absolute atomic E-state index is 0.0200. The first-order valence-electron chi connectivity index (χ1n) is 4.21. The predicted octanol–water partition coefficient (Wildman–Crippen LogP) is 0.0515. The van der Waals surface area contributed by atoms with E-state index in [0.29, 0.717) is 18.9 Å². The molecular formula is C8H15N3O. The monoisotopic (exact) mass is 169 g/mol. The molecule has 0 bridgehead atoms. The average Bonchev–Trinajstić information content (AvgIpc) is 2.03. The molecule has 0 radical (unpaired) electrons. The van der Waals surface area contributed by atoms with Crippen LogP contribution in [0.2, 0.25) is 0 Å². The van der Waals surface area contributed by atoms with Crippen LogP contribution in [-0.2, 0) is 4.79 Å². The third-order valence-corrected chi connectivity index (χ3v) is 1.93. The highest BCUT2D eigenvalue weighted by molar-refractivity contribution is 5.88. The van der Waals surface area contributed by atoms with Gasteiger partial charge in [0.15, 0.2) is 0 Å². The van der Waals surface area contributed by atoms with Crippen LogP contribution in [0.3, 0.4) is 0 Å². The fraction of sp³-hybridized carbons (Fsp3) is 0.750. The van der Waals surface area contributed by atoms with Gasteiger partial charge in [-0.15, -0.1) is 0 Å². The first-order valence-corrected chi connectivity index (χ1v) is 4.21. The van der Waals surface area contributed by atoms with E-state index in [1.54, 1.807) is 0 Å². The summed E-state index contributed by atoms with van der Waals surface area (Å²) in [6.45, 7) is 5.71. The van der Waals surface area contributed by atoms with Crippen molar-refractivity contribution in [1.82, 2.24) is 10.2 Å². The highest BCUT2D eigenvalue weighted by Crippen LogP contribution is 2.03. The number of carbonyl (C=O) groups is 1. The van der Waals surface area contributed by atoms with E-state index >= 15 is 0 Å². The average molecular weight is 169 g/mol. The van der Waals surface area contributed by atoms with Gasteiger partial charge in [-0.3, -0.25) is 10.2 Å². The van der Waals surface area contributed by atoms with Gasteiger partial charge in [0.25, 0.3) is 0 Å². The Morgan fingerprint density at radius 2 is 2.33 bits per heavy atom. The molecule has 1 aliphatic rings. The smallest absolute Gasteiger partial charge is 0.239 e. The van der Waals surface area contributed by atoms with Gasteiger partial charge >= 0.3 is 0 Å². The van der Waals surface area contributed by atoms with Crippen molar-refractivity contribution in [3.63, 3.8) is 0 Å². The number of rotatable bonds is 1. The van der Waals surface area contributed by atoms with Gasteiger partial charge in [0, 0.05) is 19.0 Å². The largest absolute Gasteiger partial charge is 0.353 e. The number of hydrogen-bond donors (Lipinski definition) is 2. The van der Waals surface area contributed by atoms with Crippen LogP contribution in [0, 0.1) is 11.3 Å². The number of nitrogens with one attached hydrogen (secondary N) is 2. The van der Waals surface area contributed by atoms with E-state index in [2.05, 4.69) is 5.32 Å². The van der Waals surface area contributed by atoms with E-state index in [1.165, 1.54) is 0 Å². The lowest BCUT2D eigenvalue weighted by Crippen LogP contribution is -2.50. The Bertz CT molecular complexity index is 200. The SMILES string of the molecule is CC(C)C(=N)N1CCNC(=O)C1. The van der Waals surface area contributed by atoms with Crippen molar-refractivity contribution in [2.45, 2.75) is 13.8 Å². The molecule has 0 spiro atoms. The Balaban J connectivity index is 2.51. The van der Waals surface area contributed by atoms with Crippen LogP contribution in [0.25, 0.3) is 0 Å². The zero-order valence-electron chi connectivity index (χ0n) is 7.55. The van der Waals surface area contributed by atoms with Crippen LogP contribution in [0.15, 0.2) is 0 Å². The maximum absolute atomic E-state index is 11.0. The van der Waals surface area contributed by atoms with Crippen LogP contribution in [0.1, 0.15) is 13.8 Å². The molecule has 4 heteroatoms. The van der Waals surface area contributed by atoms with Gasteiger partial charge in [0.2, 0.25) is 5.91 Å². The summed E-state index contributed by atoms with van der Waals surface area (Å²) in [6.07, 6.45) is 0. The van der Waals surface area contributed by atoms with Gasteiger partial charge in [0.05, 0.1) is 12.4 Å². The topological polar surface area (TPSA) is 56.2 Å². The Morgan fingerprint density at radius 3 is 2.83 bits per heavy atom. The zero-order valence-corrected chi connectivity index (χ0v) is 7.55. The molecule has 1 heterocycles. The molecular weight excluding hydrogens is 154 g/mol. The molecule has 1 fully saturated rings. The highest BCUT2D eigenvalue weighted by atomic mass is 16.2. The molecule has 0 aromatic heterocycles. The molecule has 1 aliphatic heterocycles. The lowest BCUT2D eigenvalue weighted by atomic mass is 10.1. The van der Waals surface area contributed by atoms with Gasteiger partial charge in [-0.2, -0.15) is 0 Å². The van der Waals surface area contributed by atoms with Crippen molar-refractivity contribution in [1.29, 1.82) is 5.41 Å². The van der Waals surface area contributed by atoms with Crippen LogP contribution in [-0.4, -0.2) is 36.3 Å². The third-order valence-electron chi connectivity index (χ3n) is 1.93. The number of nitrogens with zero attached hydrogens (tertiary/aromatic N) is 1. The van der Waals surface area contributed by atoms with Crippen molar-refractivity contribution >= 4 is 11.7 Å². The second-order valence-corrected chi connectivity index (χ2v) is 3.31. The van der Waals surface area contributed by atoms with Gasteiger partial charge in [-0.25, -0.2) is 0 Å². The second-order valence-electron chi connectivity index (χ2n) is 3.31. The summed E-state index contributed by atoms with van der Waals surface area (Å²) in [4.78, 5) is 12.8. The molecule has 0 saturated carbocycles. The van der Waals surface area contributed by atoms with Crippen LogP contribution < -0.4 is 5.32 Å². The molecule has 1 saturated heterocycles. The van der Waals surface area contributed by atoms with E-state index in [-0.39, 0.29) is 11.8 Å². The summed E-state index contributed by atoms with van der Waals surface area (Å²) < 4.78 is 0. The van der Waals surface area contributed by atoms with Crippen molar-refractivity contribution in [2.75, 3.05) is 19.6 Å². The number of hydrogen-bond acceptors (Lipinski definition) is 2.